The van der Waals surface area contributed by atoms with E-state index in [0.717, 1.165) is 24.8 Å². The number of hydrogen-bond acceptors (Lipinski definition) is 2. The predicted molar refractivity (Wildman–Crippen MR) is 97.8 cm³/mol. The topological polar surface area (TPSA) is 49.3 Å². The average molecular weight is 326 g/mol. The first kappa shape index (κ1) is 20.5. The summed E-state index contributed by atoms with van der Waals surface area (Å²) >= 11 is 0. The molecule has 0 aromatic rings. The van der Waals surface area contributed by atoms with Gasteiger partial charge in [-0.05, 0) is 44.6 Å². The van der Waals surface area contributed by atoms with Crippen molar-refractivity contribution in [2.45, 2.75) is 109 Å². The largest absolute Gasteiger partial charge is 0.481 e. The lowest BCUT2D eigenvalue weighted by atomic mass is 9.95. The van der Waals surface area contributed by atoms with Gasteiger partial charge in [0.1, 0.15) is 0 Å². The molecule has 1 fully saturated rings. The Morgan fingerprint density at radius 2 is 1.65 bits per heavy atom. The zero-order valence-electron chi connectivity index (χ0n) is 15.3. The molecule has 0 bridgehead atoms. The number of rotatable bonds is 15. The van der Waals surface area contributed by atoms with Gasteiger partial charge in [0.05, 0.1) is 0 Å². The molecule has 1 aliphatic rings. The van der Waals surface area contributed by atoms with Crippen LogP contribution in [0.2, 0.25) is 0 Å². The molecule has 0 amide bonds. The summed E-state index contributed by atoms with van der Waals surface area (Å²) in [6, 6.07) is 0.754. The summed E-state index contributed by atoms with van der Waals surface area (Å²) in [4.78, 5) is 10.5. The molecule has 1 rings (SSSR count). The first-order valence-corrected chi connectivity index (χ1v) is 10.2. The van der Waals surface area contributed by atoms with Crippen LogP contribution in [0.4, 0.5) is 0 Å². The number of carboxylic acids is 1. The SMILES string of the molecule is CCCCCCCCN[C@H]1CCC[C@@H]1CCCCCCC(=O)O. The quantitative estimate of drug-likeness (QED) is 0.389. The van der Waals surface area contributed by atoms with Crippen LogP contribution in [-0.2, 0) is 4.79 Å². The standard InChI is InChI=1S/C20H39NO2/c1-2-3-4-5-8-11-17-21-19-15-12-14-18(19)13-9-6-7-10-16-20(22)23/h18-19,21H,2-17H2,1H3,(H,22,23)/t18-,19-/m0/s1. The summed E-state index contributed by atoms with van der Waals surface area (Å²) < 4.78 is 0. The van der Waals surface area contributed by atoms with E-state index in [2.05, 4.69) is 12.2 Å². The van der Waals surface area contributed by atoms with Gasteiger partial charge in [-0.2, -0.15) is 0 Å². The molecule has 1 aliphatic carbocycles. The van der Waals surface area contributed by atoms with Gasteiger partial charge in [0, 0.05) is 12.5 Å². The molecule has 0 spiro atoms. The highest BCUT2D eigenvalue weighted by Gasteiger charge is 2.25. The third-order valence-electron chi connectivity index (χ3n) is 5.31. The first-order valence-electron chi connectivity index (χ1n) is 10.2. The normalized spacial score (nSPS) is 20.9. The molecule has 0 saturated heterocycles. The second-order valence-corrected chi connectivity index (χ2v) is 7.37. The van der Waals surface area contributed by atoms with Crippen LogP contribution in [0.25, 0.3) is 0 Å². The van der Waals surface area contributed by atoms with Crippen molar-refractivity contribution < 1.29 is 9.90 Å². The Bertz CT molecular complexity index is 293. The Balaban J connectivity index is 1.97. The fraction of sp³-hybridized carbons (Fsp3) is 0.950. The van der Waals surface area contributed by atoms with Gasteiger partial charge in [-0.25, -0.2) is 0 Å². The van der Waals surface area contributed by atoms with Crippen LogP contribution in [0.15, 0.2) is 0 Å². The average Bonchev–Trinajstić information content (AvgIpc) is 2.97. The fourth-order valence-corrected chi connectivity index (χ4v) is 3.88. The third-order valence-corrected chi connectivity index (χ3v) is 5.31. The summed E-state index contributed by atoms with van der Waals surface area (Å²) in [6.45, 7) is 3.47. The smallest absolute Gasteiger partial charge is 0.303 e. The Labute approximate surface area is 143 Å². The predicted octanol–water partition coefficient (Wildman–Crippen LogP) is 5.53. The van der Waals surface area contributed by atoms with Crippen molar-refractivity contribution >= 4 is 5.97 Å². The summed E-state index contributed by atoms with van der Waals surface area (Å²) in [7, 11) is 0. The van der Waals surface area contributed by atoms with Gasteiger partial charge < -0.3 is 10.4 Å². The summed E-state index contributed by atoms with van der Waals surface area (Å²) in [5, 5.41) is 12.4. The van der Waals surface area contributed by atoms with Crippen LogP contribution in [0.3, 0.4) is 0 Å². The molecular formula is C20H39NO2. The van der Waals surface area contributed by atoms with Gasteiger partial charge >= 0.3 is 5.97 Å². The van der Waals surface area contributed by atoms with Gasteiger partial charge in [0.15, 0.2) is 0 Å². The first-order chi connectivity index (χ1) is 11.2. The lowest BCUT2D eigenvalue weighted by Crippen LogP contribution is -2.33. The molecule has 0 radical (unpaired) electrons. The molecule has 0 heterocycles. The van der Waals surface area contributed by atoms with E-state index in [-0.39, 0.29) is 0 Å². The van der Waals surface area contributed by atoms with E-state index in [0.29, 0.717) is 6.42 Å². The van der Waals surface area contributed by atoms with Crippen molar-refractivity contribution in [1.29, 1.82) is 0 Å². The molecule has 2 N–H and O–H groups in total. The van der Waals surface area contributed by atoms with Crippen LogP contribution < -0.4 is 5.32 Å². The third kappa shape index (κ3) is 10.8. The number of nitrogens with one attached hydrogen (secondary N) is 1. The Kier molecular flexibility index (Phi) is 12.3. The van der Waals surface area contributed by atoms with Crippen LogP contribution in [0, 0.1) is 5.92 Å². The van der Waals surface area contributed by atoms with Crippen LogP contribution in [0.1, 0.15) is 103 Å². The van der Waals surface area contributed by atoms with Crippen LogP contribution in [-0.4, -0.2) is 23.7 Å². The van der Waals surface area contributed by atoms with E-state index in [1.54, 1.807) is 0 Å². The maximum atomic E-state index is 10.5. The van der Waals surface area contributed by atoms with E-state index < -0.39 is 5.97 Å². The van der Waals surface area contributed by atoms with E-state index in [1.807, 2.05) is 0 Å². The minimum absolute atomic E-state index is 0.339. The van der Waals surface area contributed by atoms with Crippen LogP contribution >= 0.6 is 0 Å². The van der Waals surface area contributed by atoms with Crippen LogP contribution in [0.5, 0.6) is 0 Å². The highest BCUT2D eigenvalue weighted by Crippen LogP contribution is 2.30. The molecule has 0 aromatic carbocycles. The molecule has 23 heavy (non-hydrogen) atoms. The Morgan fingerprint density at radius 1 is 0.957 bits per heavy atom. The summed E-state index contributed by atoms with van der Waals surface area (Å²) in [5.74, 6) is 0.217. The molecule has 1 saturated carbocycles. The Morgan fingerprint density at radius 3 is 2.43 bits per heavy atom. The monoisotopic (exact) mass is 325 g/mol. The molecule has 2 atom stereocenters. The van der Waals surface area contributed by atoms with Gasteiger partial charge in [-0.15, -0.1) is 0 Å². The van der Waals surface area contributed by atoms with Crippen molar-refractivity contribution in [3.63, 3.8) is 0 Å². The van der Waals surface area contributed by atoms with Gasteiger partial charge in [-0.1, -0.05) is 64.7 Å². The summed E-state index contributed by atoms with van der Waals surface area (Å²) in [6.07, 6.45) is 18.5. The van der Waals surface area contributed by atoms with Crippen molar-refractivity contribution in [3.8, 4) is 0 Å². The minimum atomic E-state index is -0.653. The van der Waals surface area contributed by atoms with Gasteiger partial charge in [0.2, 0.25) is 0 Å². The number of hydrogen-bond donors (Lipinski definition) is 2. The lowest BCUT2D eigenvalue weighted by molar-refractivity contribution is -0.137. The zero-order chi connectivity index (χ0) is 16.8. The second kappa shape index (κ2) is 13.8. The van der Waals surface area contributed by atoms with E-state index in [9.17, 15) is 4.79 Å². The highest BCUT2D eigenvalue weighted by molar-refractivity contribution is 5.66. The molecule has 0 aromatic heterocycles. The number of carbonyl (C=O) groups is 1. The maximum Gasteiger partial charge on any atom is 0.303 e. The molecule has 136 valence electrons. The lowest BCUT2D eigenvalue weighted by Gasteiger charge is -2.21. The minimum Gasteiger partial charge on any atom is -0.481 e. The number of carboxylic acid groups (broad SMARTS) is 1. The van der Waals surface area contributed by atoms with Gasteiger partial charge in [-0.3, -0.25) is 4.79 Å². The number of aliphatic carboxylic acids is 1. The van der Waals surface area contributed by atoms with Crippen molar-refractivity contribution in [3.05, 3.63) is 0 Å². The maximum absolute atomic E-state index is 10.5. The fourth-order valence-electron chi connectivity index (χ4n) is 3.88. The van der Waals surface area contributed by atoms with Crippen molar-refractivity contribution in [2.24, 2.45) is 5.92 Å². The highest BCUT2D eigenvalue weighted by atomic mass is 16.4. The molecule has 3 heteroatoms. The van der Waals surface area contributed by atoms with E-state index in [1.165, 1.54) is 83.6 Å². The Hall–Kier alpha value is -0.570. The second-order valence-electron chi connectivity index (χ2n) is 7.37. The number of unbranched alkanes of at least 4 members (excludes halogenated alkanes) is 8. The molecule has 0 aliphatic heterocycles. The van der Waals surface area contributed by atoms with E-state index >= 15 is 0 Å². The summed E-state index contributed by atoms with van der Waals surface area (Å²) in [5.41, 5.74) is 0. The molecular weight excluding hydrogens is 286 g/mol. The molecule has 0 unspecified atom stereocenters. The van der Waals surface area contributed by atoms with Crippen molar-refractivity contribution in [1.82, 2.24) is 5.32 Å². The van der Waals surface area contributed by atoms with E-state index in [4.69, 9.17) is 5.11 Å². The van der Waals surface area contributed by atoms with Gasteiger partial charge in [0.25, 0.3) is 0 Å². The molecule has 3 nitrogen and oxygen atoms in total. The zero-order valence-corrected chi connectivity index (χ0v) is 15.3. The van der Waals surface area contributed by atoms with Crippen molar-refractivity contribution in [2.75, 3.05) is 6.54 Å².